The molecule has 1 fully saturated rings. The van der Waals surface area contributed by atoms with Gasteiger partial charge < -0.3 is 10.2 Å². The largest absolute Gasteiger partial charge is 1.00 e. The number of urea groups is 1. The molecule has 5 nitrogen and oxygen atoms in total. The van der Waals surface area contributed by atoms with Crippen LogP contribution in [-0.4, -0.2) is 29.3 Å². The van der Waals surface area contributed by atoms with Gasteiger partial charge in [0.25, 0.3) is 0 Å². The molecule has 92 valence electrons. The first-order valence-corrected chi connectivity index (χ1v) is 5.87. The summed E-state index contributed by atoms with van der Waals surface area (Å²) in [6, 6.07) is -0.711. The van der Waals surface area contributed by atoms with Crippen LogP contribution in [0.3, 0.4) is 0 Å². The van der Waals surface area contributed by atoms with Crippen molar-refractivity contribution in [2.75, 3.05) is 6.54 Å². The van der Waals surface area contributed by atoms with E-state index in [0.717, 1.165) is 24.2 Å². The van der Waals surface area contributed by atoms with Gasteiger partial charge in [-0.3, -0.25) is 14.4 Å². The zero-order chi connectivity index (χ0) is 12.4. The summed E-state index contributed by atoms with van der Waals surface area (Å²) in [5.41, 5.74) is 0. The number of carbonyl (C=O) groups is 3. The Kier molecular flexibility index (Phi) is 5.56. The average molecular weight is 258 g/mol. The van der Waals surface area contributed by atoms with Crippen molar-refractivity contribution in [1.29, 1.82) is 0 Å². The van der Waals surface area contributed by atoms with Gasteiger partial charge in [0.1, 0.15) is 0 Å². The van der Waals surface area contributed by atoms with Crippen molar-refractivity contribution in [3.8, 4) is 0 Å². The maximum absolute atomic E-state index is 11.8. The molecule has 0 aromatic rings. The molecule has 2 unspecified atom stereocenters. The van der Waals surface area contributed by atoms with Crippen molar-refractivity contribution < 1.29 is 43.9 Å². The van der Waals surface area contributed by atoms with E-state index in [9.17, 15) is 14.4 Å². The second kappa shape index (κ2) is 6.50. The van der Waals surface area contributed by atoms with Gasteiger partial charge in [-0.2, -0.15) is 0 Å². The van der Waals surface area contributed by atoms with Crippen LogP contribution in [0.15, 0.2) is 12.2 Å². The van der Waals surface area contributed by atoms with Crippen LogP contribution in [0.25, 0.3) is 5.32 Å². The third-order valence-corrected chi connectivity index (χ3v) is 3.21. The first kappa shape index (κ1) is 15.4. The maximum Gasteiger partial charge on any atom is 1.00 e. The van der Waals surface area contributed by atoms with Gasteiger partial charge in [-0.25, -0.2) is 0 Å². The van der Waals surface area contributed by atoms with Gasteiger partial charge in [-0.15, -0.1) is 0 Å². The van der Waals surface area contributed by atoms with E-state index in [1.807, 2.05) is 6.08 Å². The zero-order valence-corrected chi connectivity index (χ0v) is 12.8. The normalized spacial score (nSPS) is 27.8. The number of carbonyl (C=O) groups excluding carboxylic acids is 3. The Labute approximate surface area is 128 Å². The molecule has 0 radical (unpaired) electrons. The number of allylic oxidation sites excluding steroid dienone is 1. The van der Waals surface area contributed by atoms with E-state index >= 15 is 0 Å². The van der Waals surface area contributed by atoms with E-state index in [0.29, 0.717) is 6.54 Å². The van der Waals surface area contributed by atoms with E-state index in [1.165, 1.54) is 6.92 Å². The van der Waals surface area contributed by atoms with Crippen LogP contribution in [0.4, 0.5) is 4.79 Å². The Balaban J connectivity index is 0.00000162. The van der Waals surface area contributed by atoms with Gasteiger partial charge in [0, 0.05) is 0 Å². The zero-order valence-electron chi connectivity index (χ0n) is 10.8. The Morgan fingerprint density at radius 3 is 2.72 bits per heavy atom. The molecular weight excluding hydrogens is 243 g/mol. The van der Waals surface area contributed by atoms with E-state index in [2.05, 4.69) is 11.4 Å². The van der Waals surface area contributed by atoms with Gasteiger partial charge in [0.05, 0.1) is 5.92 Å². The van der Waals surface area contributed by atoms with Gasteiger partial charge >= 0.3 is 29.6 Å². The quantitative estimate of drug-likeness (QED) is 0.356. The van der Waals surface area contributed by atoms with Crippen LogP contribution in [0, 0.1) is 11.8 Å². The molecule has 2 rings (SSSR count). The molecule has 0 saturated carbocycles. The van der Waals surface area contributed by atoms with Crippen LogP contribution in [-0.2, 0) is 9.59 Å². The summed E-state index contributed by atoms with van der Waals surface area (Å²) in [5, 5.41) is 3.36. The minimum Gasteiger partial charge on any atom is -0.380 e. The predicted octanol–water partition coefficient (Wildman–Crippen LogP) is -1.15. The first-order valence-electron chi connectivity index (χ1n) is 5.87. The van der Waals surface area contributed by atoms with E-state index in [4.69, 9.17) is 0 Å². The van der Waals surface area contributed by atoms with E-state index in [1.54, 1.807) is 0 Å². The van der Waals surface area contributed by atoms with Crippen LogP contribution in [0.5, 0.6) is 0 Å². The number of hydrogen-bond acceptors (Lipinski definition) is 3. The van der Waals surface area contributed by atoms with Crippen LogP contribution in [0.2, 0.25) is 0 Å². The second-order valence-electron chi connectivity index (χ2n) is 4.52. The second-order valence-corrected chi connectivity index (χ2v) is 4.52. The number of amides is 4. The molecular formula is C12H15N2NaO3. The Hall–Kier alpha value is -0.650. The third kappa shape index (κ3) is 3.22. The molecule has 1 aliphatic carbocycles. The van der Waals surface area contributed by atoms with Crippen molar-refractivity contribution in [3.63, 3.8) is 0 Å². The van der Waals surface area contributed by atoms with Crippen molar-refractivity contribution >= 4 is 17.8 Å². The number of hydrogen-bond donors (Lipinski definition) is 0. The van der Waals surface area contributed by atoms with Crippen molar-refractivity contribution in [2.45, 2.75) is 26.2 Å². The number of barbiturate groups is 1. The average Bonchev–Trinajstić information content (AvgIpc) is 2.33. The molecule has 0 aromatic carbocycles. The van der Waals surface area contributed by atoms with Crippen LogP contribution in [0.1, 0.15) is 26.2 Å². The summed E-state index contributed by atoms with van der Waals surface area (Å²) in [6.07, 6.45) is 7.19. The summed E-state index contributed by atoms with van der Waals surface area (Å²) in [5.74, 6) is -1.67. The van der Waals surface area contributed by atoms with Crippen molar-refractivity contribution in [3.05, 3.63) is 17.5 Å². The topological polar surface area (TPSA) is 68.6 Å². The fourth-order valence-electron chi connectivity index (χ4n) is 2.12. The minimum absolute atomic E-state index is 0. The van der Waals surface area contributed by atoms with Gasteiger partial charge in [-0.1, -0.05) is 12.2 Å². The SMILES string of the molecule is CC1C(=O)[N-]C(=O)N(CC2C=CCCC2)C1=O.[Na+]. The molecule has 1 aliphatic heterocycles. The number of nitrogens with zero attached hydrogens (tertiary/aromatic N) is 2. The first-order chi connectivity index (χ1) is 8.09. The monoisotopic (exact) mass is 258 g/mol. The molecule has 6 heteroatoms. The Morgan fingerprint density at radius 2 is 2.11 bits per heavy atom. The fourth-order valence-corrected chi connectivity index (χ4v) is 2.12. The fraction of sp³-hybridized carbons (Fsp3) is 0.583. The molecule has 0 bridgehead atoms. The summed E-state index contributed by atoms with van der Waals surface area (Å²) >= 11 is 0. The number of rotatable bonds is 2. The summed E-state index contributed by atoms with van der Waals surface area (Å²) in [6.45, 7) is 1.83. The Morgan fingerprint density at radius 1 is 1.39 bits per heavy atom. The number of imide groups is 2. The molecule has 1 saturated heterocycles. The van der Waals surface area contributed by atoms with Gasteiger partial charge in [-0.05, 0) is 38.6 Å². The maximum atomic E-state index is 11.8. The Bertz CT molecular complexity index is 395. The van der Waals surface area contributed by atoms with Crippen LogP contribution >= 0.6 is 0 Å². The molecule has 1 heterocycles. The van der Waals surface area contributed by atoms with Gasteiger partial charge in [0.2, 0.25) is 0 Å². The molecule has 0 spiro atoms. The summed E-state index contributed by atoms with van der Waals surface area (Å²) in [7, 11) is 0. The summed E-state index contributed by atoms with van der Waals surface area (Å²) < 4.78 is 0. The minimum atomic E-state index is -0.819. The molecule has 2 atom stereocenters. The van der Waals surface area contributed by atoms with E-state index in [-0.39, 0.29) is 35.5 Å². The van der Waals surface area contributed by atoms with Crippen molar-refractivity contribution in [2.24, 2.45) is 11.8 Å². The standard InChI is InChI=1S/C12H16N2O3.Na/c1-8-10(15)13-12(17)14(11(8)16)7-9-5-3-2-4-6-9;/h3,5,8-9H,2,4,6-7H2,1H3,(H,13,15,17);/q;+1/p-1. The van der Waals surface area contributed by atoms with Crippen LogP contribution < -0.4 is 29.6 Å². The van der Waals surface area contributed by atoms with Crippen molar-refractivity contribution in [1.82, 2.24) is 4.90 Å². The molecule has 0 aromatic heterocycles. The summed E-state index contributed by atoms with van der Waals surface area (Å²) in [4.78, 5) is 35.7. The smallest absolute Gasteiger partial charge is 0.380 e. The molecule has 2 aliphatic rings. The predicted molar refractivity (Wildman–Crippen MR) is 61.1 cm³/mol. The van der Waals surface area contributed by atoms with Gasteiger partial charge in [0.15, 0.2) is 17.8 Å². The molecule has 4 amide bonds. The van der Waals surface area contributed by atoms with E-state index < -0.39 is 23.8 Å². The molecule has 18 heavy (non-hydrogen) atoms. The molecule has 0 N–H and O–H groups in total. The third-order valence-electron chi connectivity index (χ3n) is 3.21.